The van der Waals surface area contributed by atoms with Crippen molar-refractivity contribution >= 4 is 22.5 Å². The molecule has 0 aromatic heterocycles. The molecular formula is C32H45NO5Si. The van der Waals surface area contributed by atoms with E-state index in [2.05, 4.69) is 37.9 Å². The van der Waals surface area contributed by atoms with E-state index in [1.807, 2.05) is 88.4 Å². The van der Waals surface area contributed by atoms with Gasteiger partial charge >= 0.3 is 12.1 Å². The van der Waals surface area contributed by atoms with E-state index >= 15 is 0 Å². The molecule has 1 unspecified atom stereocenters. The molecule has 2 aromatic rings. The van der Waals surface area contributed by atoms with Crippen molar-refractivity contribution < 1.29 is 23.5 Å². The third kappa shape index (κ3) is 9.26. The molecule has 7 heteroatoms. The summed E-state index contributed by atoms with van der Waals surface area (Å²) < 4.78 is 17.1. The smallest absolute Gasteiger partial charge is 0.407 e. The summed E-state index contributed by atoms with van der Waals surface area (Å²) in [6.07, 6.45) is 0.223. The first-order valence-electron chi connectivity index (χ1n) is 13.4. The van der Waals surface area contributed by atoms with Crippen LogP contribution in [0.25, 0.3) is 0 Å². The summed E-state index contributed by atoms with van der Waals surface area (Å²) in [4.78, 5) is 26.5. The van der Waals surface area contributed by atoms with Crippen LogP contribution in [0.4, 0.5) is 4.79 Å². The highest BCUT2D eigenvalue weighted by atomic mass is 28.2. The van der Waals surface area contributed by atoms with E-state index in [-0.39, 0.29) is 29.7 Å². The van der Waals surface area contributed by atoms with E-state index in [1.165, 1.54) is 7.11 Å². The number of carbonyl (C=O) groups is 2. The summed E-state index contributed by atoms with van der Waals surface area (Å²) in [5.74, 6) is 5.31. The normalized spacial score (nSPS) is 15.6. The molecule has 0 fully saturated rings. The van der Waals surface area contributed by atoms with Crippen molar-refractivity contribution in [2.24, 2.45) is 17.3 Å². The zero-order valence-corrected chi connectivity index (χ0v) is 27.0. The fourth-order valence-electron chi connectivity index (χ4n) is 5.32. The van der Waals surface area contributed by atoms with Gasteiger partial charge in [0.1, 0.15) is 16.1 Å². The Balaban J connectivity index is 2.58. The van der Waals surface area contributed by atoms with Gasteiger partial charge < -0.3 is 19.2 Å². The lowest BCUT2D eigenvalue weighted by Gasteiger charge is -2.47. The van der Waals surface area contributed by atoms with Crippen molar-refractivity contribution in [1.82, 2.24) is 5.32 Å². The molecule has 1 amide bonds. The number of nitrogens with one attached hydrogen (secondary N) is 1. The zero-order valence-electron chi connectivity index (χ0n) is 25.0. The molecule has 0 spiro atoms. The second-order valence-electron chi connectivity index (χ2n) is 12.1. The maximum absolute atomic E-state index is 13.5. The molecule has 0 saturated heterocycles. The van der Waals surface area contributed by atoms with Crippen molar-refractivity contribution in [3.05, 3.63) is 71.8 Å². The summed E-state index contributed by atoms with van der Waals surface area (Å²) in [6, 6.07) is 19.3. The molecule has 6 nitrogen and oxygen atoms in total. The van der Waals surface area contributed by atoms with Crippen molar-refractivity contribution in [3.8, 4) is 11.8 Å². The lowest BCUT2D eigenvalue weighted by Crippen LogP contribution is -2.58. The van der Waals surface area contributed by atoms with Gasteiger partial charge in [0.2, 0.25) is 0 Å². The molecule has 0 bridgehead atoms. The Labute approximate surface area is 237 Å². The average molecular weight is 552 g/mol. The number of benzene rings is 2. The van der Waals surface area contributed by atoms with Gasteiger partial charge in [0.25, 0.3) is 0 Å². The topological polar surface area (TPSA) is 73.9 Å². The second kappa shape index (κ2) is 13.8. The lowest BCUT2D eigenvalue weighted by molar-refractivity contribution is -0.168. The number of methoxy groups -OCH3 is 1. The van der Waals surface area contributed by atoms with Crippen LogP contribution in [0.1, 0.15) is 66.0 Å². The van der Waals surface area contributed by atoms with Gasteiger partial charge in [-0.15, -0.1) is 0 Å². The van der Waals surface area contributed by atoms with Crippen molar-refractivity contribution in [1.29, 1.82) is 0 Å². The van der Waals surface area contributed by atoms with Gasteiger partial charge in [0, 0.05) is 23.9 Å². The molecule has 4 atom stereocenters. The molecule has 2 aromatic carbocycles. The van der Waals surface area contributed by atoms with Gasteiger partial charge in [-0.3, -0.25) is 0 Å². The minimum atomic E-state index is -1.30. The van der Waals surface area contributed by atoms with Crippen LogP contribution in [-0.4, -0.2) is 46.9 Å². The van der Waals surface area contributed by atoms with E-state index in [0.29, 0.717) is 16.9 Å². The van der Waals surface area contributed by atoms with Crippen LogP contribution in [0.2, 0.25) is 0 Å². The molecule has 0 aliphatic heterocycles. The number of alkyl carbamates (subject to hydrolysis) is 1. The van der Waals surface area contributed by atoms with Gasteiger partial charge in [-0.2, -0.15) is 0 Å². The molecule has 0 aliphatic carbocycles. The third-order valence-corrected chi connectivity index (χ3v) is 7.69. The van der Waals surface area contributed by atoms with Gasteiger partial charge in [-0.05, 0) is 56.2 Å². The summed E-state index contributed by atoms with van der Waals surface area (Å²) in [6.45, 7) is 13.9. The molecule has 0 radical (unpaired) electrons. The highest BCUT2D eigenvalue weighted by Gasteiger charge is 2.52. The monoisotopic (exact) mass is 551 g/mol. The van der Waals surface area contributed by atoms with E-state index in [4.69, 9.17) is 13.9 Å². The number of esters is 1. The number of amides is 1. The van der Waals surface area contributed by atoms with Crippen LogP contribution in [0.3, 0.4) is 0 Å². The first-order valence-corrected chi connectivity index (χ1v) is 14.3. The van der Waals surface area contributed by atoms with Crippen molar-refractivity contribution in [2.45, 2.75) is 78.6 Å². The number of hydrogen-bond donors (Lipinski definition) is 1. The number of carbonyl (C=O) groups excluding carboxylic acids is 2. The first-order chi connectivity index (χ1) is 18.2. The molecule has 1 N–H and O–H groups in total. The molecule has 0 heterocycles. The molecular weight excluding hydrogens is 506 g/mol. The highest BCUT2D eigenvalue weighted by Crippen LogP contribution is 2.43. The maximum Gasteiger partial charge on any atom is 0.407 e. The van der Waals surface area contributed by atoms with Gasteiger partial charge in [-0.1, -0.05) is 88.1 Å². The number of rotatable bonds is 9. The largest absolute Gasteiger partial charge is 0.467 e. The standard InChI is InChI=1S/C32H45NO5Si/c1-23(32(38-39,28(34)36-8)21-15-20-24-16-11-9-12-17-24)27(30(2,3)4)26(22-25-18-13-10-14-19-25)33-29(35)37-31(5,6)7/h9-14,16-19,23,26-27H,21-22H2,1-8,39H3,(H,33,35)/t23?,26-,27+,32+/m0/s1. The fourth-order valence-corrected chi connectivity index (χ4v) is 6.00. The fraction of sp³-hybridized carbons (Fsp3) is 0.500. The predicted octanol–water partition coefficient (Wildman–Crippen LogP) is 5.07. The summed E-state index contributed by atoms with van der Waals surface area (Å²) in [5, 5.41) is 3.15. The van der Waals surface area contributed by atoms with E-state index < -0.39 is 23.3 Å². The van der Waals surface area contributed by atoms with Gasteiger partial charge in [0.05, 0.1) is 7.11 Å². The summed E-state index contributed by atoms with van der Waals surface area (Å²) >= 11 is 0. The second-order valence-corrected chi connectivity index (χ2v) is 12.5. The van der Waals surface area contributed by atoms with Crippen LogP contribution in [-0.2, 0) is 25.1 Å². The average Bonchev–Trinajstić information content (AvgIpc) is 2.85. The quantitative estimate of drug-likeness (QED) is 0.268. The van der Waals surface area contributed by atoms with Crippen LogP contribution < -0.4 is 5.32 Å². The SMILES string of the molecule is COC(=O)[C@](CC#Cc1ccccc1)(O[SiH3])C(C)[C@H]([C@H](Cc1ccccc1)NC(=O)OC(C)(C)C)C(C)(C)C. The molecule has 0 saturated carbocycles. The van der Waals surface area contributed by atoms with E-state index in [9.17, 15) is 9.59 Å². The first kappa shape index (κ1) is 32.1. The Morgan fingerprint density at radius 1 is 0.949 bits per heavy atom. The summed E-state index contributed by atoms with van der Waals surface area (Å²) in [7, 11) is 1.68. The minimum Gasteiger partial charge on any atom is -0.467 e. The summed E-state index contributed by atoms with van der Waals surface area (Å²) in [5.41, 5.74) is -0.353. The Morgan fingerprint density at radius 2 is 1.51 bits per heavy atom. The molecule has 212 valence electrons. The third-order valence-electron chi connectivity index (χ3n) is 6.96. The predicted molar refractivity (Wildman–Crippen MR) is 159 cm³/mol. The van der Waals surface area contributed by atoms with Gasteiger partial charge in [0.15, 0.2) is 5.60 Å². The van der Waals surface area contributed by atoms with E-state index in [1.54, 1.807) is 0 Å². The maximum atomic E-state index is 13.5. The number of hydrogen-bond acceptors (Lipinski definition) is 5. The van der Waals surface area contributed by atoms with Gasteiger partial charge in [-0.25, -0.2) is 9.59 Å². The van der Waals surface area contributed by atoms with Crippen molar-refractivity contribution in [3.63, 3.8) is 0 Å². The van der Waals surface area contributed by atoms with Crippen LogP contribution in [0.5, 0.6) is 0 Å². The minimum absolute atomic E-state index is 0.163. The Kier molecular flexibility index (Phi) is 11.4. The zero-order chi connectivity index (χ0) is 29.3. The van der Waals surface area contributed by atoms with Crippen molar-refractivity contribution in [2.75, 3.05) is 7.11 Å². The molecule has 2 rings (SSSR count). The Hall–Kier alpha value is -3.08. The van der Waals surface area contributed by atoms with Crippen LogP contribution >= 0.6 is 0 Å². The Morgan fingerprint density at radius 3 is 2.00 bits per heavy atom. The lowest BCUT2D eigenvalue weighted by atomic mass is 9.63. The molecule has 39 heavy (non-hydrogen) atoms. The Bertz CT molecular complexity index is 1130. The van der Waals surface area contributed by atoms with Crippen LogP contribution in [0.15, 0.2) is 60.7 Å². The number of ether oxygens (including phenoxy) is 2. The van der Waals surface area contributed by atoms with E-state index in [0.717, 1.165) is 11.1 Å². The van der Waals surface area contributed by atoms with Crippen LogP contribution in [0, 0.1) is 29.1 Å². The molecule has 0 aliphatic rings. The highest BCUT2D eigenvalue weighted by molar-refractivity contribution is 6.00.